The summed E-state index contributed by atoms with van der Waals surface area (Å²) in [5, 5.41) is 2.59. The summed E-state index contributed by atoms with van der Waals surface area (Å²) in [6.45, 7) is 2.14. The molecular formula is C28H27N. The standard InChI is InChI=1S/C28H24.H3N/c1-22-10-5-6-13-24(22)12-4-2-3-11-23-18-20-26(21-19-23)28-17-9-15-25-14-7-8-16-27(25)28;/h2-10,12-21H,11H2,1H3;1H3/b3-2+,12-4-;. The molecule has 0 aliphatic carbocycles. The van der Waals surface area contributed by atoms with Crippen molar-refractivity contribution in [1.82, 2.24) is 6.15 Å². The van der Waals surface area contributed by atoms with Gasteiger partial charge in [0.25, 0.3) is 0 Å². The van der Waals surface area contributed by atoms with Crippen molar-refractivity contribution in [1.29, 1.82) is 0 Å². The Bertz CT molecular complexity index is 1130. The van der Waals surface area contributed by atoms with Gasteiger partial charge in [0.2, 0.25) is 0 Å². The normalized spacial score (nSPS) is 11.2. The van der Waals surface area contributed by atoms with Gasteiger partial charge in [-0.1, -0.05) is 115 Å². The summed E-state index contributed by atoms with van der Waals surface area (Å²) in [5.74, 6) is 0. The first kappa shape index (κ1) is 20.3. The van der Waals surface area contributed by atoms with Gasteiger partial charge < -0.3 is 6.15 Å². The van der Waals surface area contributed by atoms with Crippen LogP contribution < -0.4 is 6.15 Å². The third-order valence-corrected chi connectivity index (χ3v) is 5.12. The predicted octanol–water partition coefficient (Wildman–Crippen LogP) is 7.79. The SMILES string of the molecule is Cc1ccccc1/C=C\C=C\Cc1ccc(-c2cccc3ccccc23)cc1.N. The molecule has 0 aromatic heterocycles. The lowest BCUT2D eigenvalue weighted by atomic mass is 9.97. The summed E-state index contributed by atoms with van der Waals surface area (Å²) in [4.78, 5) is 0. The molecule has 0 bridgehead atoms. The van der Waals surface area contributed by atoms with Crippen LogP contribution in [0.15, 0.2) is 109 Å². The molecule has 0 heterocycles. The van der Waals surface area contributed by atoms with Crippen LogP contribution in [0.1, 0.15) is 16.7 Å². The molecule has 3 N–H and O–H groups in total. The molecule has 0 unspecified atom stereocenters. The van der Waals surface area contributed by atoms with Crippen LogP contribution >= 0.6 is 0 Å². The van der Waals surface area contributed by atoms with Crippen molar-refractivity contribution in [2.75, 3.05) is 0 Å². The van der Waals surface area contributed by atoms with Gasteiger partial charge in [0.15, 0.2) is 0 Å². The number of allylic oxidation sites excluding steroid dienone is 3. The Labute approximate surface area is 173 Å². The minimum Gasteiger partial charge on any atom is -0.344 e. The Balaban J connectivity index is 0.00000240. The highest BCUT2D eigenvalue weighted by molar-refractivity contribution is 5.96. The summed E-state index contributed by atoms with van der Waals surface area (Å²) in [5.41, 5.74) is 6.46. The molecule has 0 aliphatic rings. The fourth-order valence-electron chi connectivity index (χ4n) is 3.51. The fraction of sp³-hybridized carbons (Fsp3) is 0.0714. The topological polar surface area (TPSA) is 35.0 Å². The van der Waals surface area contributed by atoms with Gasteiger partial charge >= 0.3 is 0 Å². The highest BCUT2D eigenvalue weighted by Gasteiger charge is 2.03. The summed E-state index contributed by atoms with van der Waals surface area (Å²) in [6, 6.07) is 32.4. The quantitative estimate of drug-likeness (QED) is 0.354. The van der Waals surface area contributed by atoms with E-state index in [9.17, 15) is 0 Å². The molecule has 0 saturated heterocycles. The maximum absolute atomic E-state index is 2.23. The largest absolute Gasteiger partial charge is 0.344 e. The molecule has 0 aliphatic heterocycles. The van der Waals surface area contributed by atoms with Gasteiger partial charge in [-0.15, -0.1) is 0 Å². The zero-order chi connectivity index (χ0) is 19.2. The molecule has 144 valence electrons. The van der Waals surface area contributed by atoms with Crippen LogP contribution in [0.2, 0.25) is 0 Å². The number of rotatable bonds is 5. The summed E-state index contributed by atoms with van der Waals surface area (Å²) in [6.07, 6.45) is 9.56. The van der Waals surface area contributed by atoms with E-state index < -0.39 is 0 Å². The van der Waals surface area contributed by atoms with Crippen molar-refractivity contribution >= 4 is 16.8 Å². The van der Waals surface area contributed by atoms with Gasteiger partial charge in [0.1, 0.15) is 0 Å². The van der Waals surface area contributed by atoms with E-state index in [1.807, 2.05) is 0 Å². The second kappa shape index (κ2) is 9.68. The molecule has 1 heteroatoms. The first-order chi connectivity index (χ1) is 13.8. The maximum atomic E-state index is 2.23. The van der Waals surface area contributed by atoms with E-state index in [0.29, 0.717) is 0 Å². The number of aryl methyl sites for hydroxylation is 1. The van der Waals surface area contributed by atoms with Crippen LogP contribution in [0.4, 0.5) is 0 Å². The van der Waals surface area contributed by atoms with E-state index in [-0.39, 0.29) is 6.15 Å². The highest BCUT2D eigenvalue weighted by Crippen LogP contribution is 2.28. The molecule has 0 fully saturated rings. The van der Waals surface area contributed by atoms with Gasteiger partial charge in [0, 0.05) is 0 Å². The van der Waals surface area contributed by atoms with E-state index in [4.69, 9.17) is 0 Å². The lowest BCUT2D eigenvalue weighted by Gasteiger charge is -2.07. The van der Waals surface area contributed by atoms with Crippen LogP contribution in [-0.4, -0.2) is 0 Å². The highest BCUT2D eigenvalue weighted by atomic mass is 14.1. The second-order valence-electron chi connectivity index (χ2n) is 7.07. The molecular weight excluding hydrogens is 350 g/mol. The Morgan fingerprint density at radius 1 is 0.690 bits per heavy atom. The minimum atomic E-state index is 0. The third kappa shape index (κ3) is 4.90. The van der Waals surface area contributed by atoms with Crippen molar-refractivity contribution in [2.24, 2.45) is 0 Å². The first-order valence-corrected chi connectivity index (χ1v) is 9.77. The van der Waals surface area contributed by atoms with E-state index in [0.717, 1.165) is 6.42 Å². The summed E-state index contributed by atoms with van der Waals surface area (Å²) < 4.78 is 0. The van der Waals surface area contributed by atoms with Crippen LogP contribution in [0.3, 0.4) is 0 Å². The minimum absolute atomic E-state index is 0. The number of fused-ring (bicyclic) bond motifs is 1. The van der Waals surface area contributed by atoms with Gasteiger partial charge in [-0.05, 0) is 51.9 Å². The van der Waals surface area contributed by atoms with E-state index in [1.165, 1.54) is 38.6 Å². The lowest BCUT2D eigenvalue weighted by Crippen LogP contribution is -1.84. The fourth-order valence-corrected chi connectivity index (χ4v) is 3.51. The summed E-state index contributed by atoms with van der Waals surface area (Å²) in [7, 11) is 0. The van der Waals surface area contributed by atoms with Gasteiger partial charge in [-0.25, -0.2) is 0 Å². The van der Waals surface area contributed by atoms with E-state index in [1.54, 1.807) is 0 Å². The molecule has 0 atom stereocenters. The molecule has 29 heavy (non-hydrogen) atoms. The van der Waals surface area contributed by atoms with Crippen molar-refractivity contribution in [3.63, 3.8) is 0 Å². The Morgan fingerprint density at radius 2 is 1.41 bits per heavy atom. The Hall–Kier alpha value is -3.42. The zero-order valence-electron chi connectivity index (χ0n) is 16.9. The average molecular weight is 378 g/mol. The number of hydrogen-bond acceptors (Lipinski definition) is 1. The van der Waals surface area contributed by atoms with Crippen LogP contribution in [0.25, 0.3) is 28.0 Å². The van der Waals surface area contributed by atoms with Gasteiger partial charge in [-0.2, -0.15) is 0 Å². The monoisotopic (exact) mass is 377 g/mol. The Kier molecular flexibility index (Phi) is 6.78. The van der Waals surface area contributed by atoms with Gasteiger partial charge in [0.05, 0.1) is 0 Å². The Morgan fingerprint density at radius 3 is 2.24 bits per heavy atom. The molecule has 4 aromatic carbocycles. The first-order valence-electron chi connectivity index (χ1n) is 9.77. The molecule has 0 spiro atoms. The van der Waals surface area contributed by atoms with E-state index >= 15 is 0 Å². The molecule has 4 rings (SSSR count). The van der Waals surface area contributed by atoms with Crippen molar-refractivity contribution in [2.45, 2.75) is 13.3 Å². The third-order valence-electron chi connectivity index (χ3n) is 5.12. The van der Waals surface area contributed by atoms with Crippen LogP contribution in [-0.2, 0) is 6.42 Å². The number of hydrogen-bond donors (Lipinski definition) is 1. The smallest absolute Gasteiger partial charge is 0.00943 e. The lowest BCUT2D eigenvalue weighted by molar-refractivity contribution is 1.27. The zero-order valence-corrected chi connectivity index (χ0v) is 16.9. The maximum Gasteiger partial charge on any atom is -0.00943 e. The predicted molar refractivity (Wildman–Crippen MR) is 127 cm³/mol. The van der Waals surface area contributed by atoms with Crippen molar-refractivity contribution in [3.05, 3.63) is 126 Å². The molecule has 1 nitrogen and oxygen atoms in total. The average Bonchev–Trinajstić information content (AvgIpc) is 2.75. The molecule has 0 radical (unpaired) electrons. The second-order valence-corrected chi connectivity index (χ2v) is 7.07. The number of benzene rings is 4. The van der Waals surface area contributed by atoms with Crippen LogP contribution in [0, 0.1) is 6.92 Å². The van der Waals surface area contributed by atoms with Crippen molar-refractivity contribution in [3.8, 4) is 11.1 Å². The molecule has 0 amide bonds. The van der Waals surface area contributed by atoms with Crippen molar-refractivity contribution < 1.29 is 0 Å². The molecule has 0 saturated carbocycles. The van der Waals surface area contributed by atoms with E-state index in [2.05, 4.69) is 122 Å². The molecule has 4 aromatic rings. The van der Waals surface area contributed by atoms with Gasteiger partial charge in [-0.3, -0.25) is 0 Å². The summed E-state index contributed by atoms with van der Waals surface area (Å²) >= 11 is 0. The van der Waals surface area contributed by atoms with Crippen LogP contribution in [0.5, 0.6) is 0 Å².